The fraction of sp³-hybridized carbons (Fsp3) is 0.118. The average molecular weight is 250 g/mol. The summed E-state index contributed by atoms with van der Waals surface area (Å²) in [4.78, 5) is 12.4. The van der Waals surface area contributed by atoms with Crippen LogP contribution in [0.15, 0.2) is 54.1 Å². The van der Waals surface area contributed by atoms with E-state index in [1.54, 1.807) is 0 Å². The zero-order valence-electron chi connectivity index (χ0n) is 10.7. The molecule has 0 aliphatic carbocycles. The summed E-state index contributed by atoms with van der Waals surface area (Å²) < 4.78 is 5.64. The minimum atomic E-state index is 0.0637. The first-order valence-corrected chi connectivity index (χ1v) is 6.28. The van der Waals surface area contributed by atoms with E-state index >= 15 is 0 Å². The first-order chi connectivity index (χ1) is 9.24. The van der Waals surface area contributed by atoms with Gasteiger partial charge in [-0.1, -0.05) is 42.0 Å². The monoisotopic (exact) mass is 250 g/mol. The van der Waals surface area contributed by atoms with Crippen molar-refractivity contribution in [3.05, 3.63) is 70.8 Å². The van der Waals surface area contributed by atoms with Gasteiger partial charge in [0.05, 0.1) is 5.56 Å². The van der Waals surface area contributed by atoms with E-state index in [1.807, 2.05) is 61.5 Å². The molecule has 1 heterocycles. The summed E-state index contributed by atoms with van der Waals surface area (Å²) >= 11 is 0. The molecule has 0 fully saturated rings. The van der Waals surface area contributed by atoms with Crippen molar-refractivity contribution in [3.8, 4) is 5.75 Å². The van der Waals surface area contributed by atoms with E-state index in [1.165, 1.54) is 0 Å². The summed E-state index contributed by atoms with van der Waals surface area (Å²) in [5.74, 6) is 0.745. The number of Topliss-reactive ketones (excluding diaryl/α,β-unsaturated/α-hetero) is 1. The van der Waals surface area contributed by atoms with Crippen LogP contribution in [0.5, 0.6) is 5.75 Å². The van der Waals surface area contributed by atoms with Crippen LogP contribution in [0.1, 0.15) is 21.5 Å². The predicted molar refractivity (Wildman–Crippen MR) is 75.4 cm³/mol. The molecule has 0 atom stereocenters. The van der Waals surface area contributed by atoms with Crippen molar-refractivity contribution < 1.29 is 9.53 Å². The molecule has 0 saturated carbocycles. The Labute approximate surface area is 112 Å². The Hall–Kier alpha value is -2.35. The molecule has 19 heavy (non-hydrogen) atoms. The third kappa shape index (κ3) is 2.29. The van der Waals surface area contributed by atoms with E-state index in [2.05, 4.69) is 0 Å². The zero-order chi connectivity index (χ0) is 13.2. The van der Waals surface area contributed by atoms with E-state index in [4.69, 9.17) is 4.74 Å². The van der Waals surface area contributed by atoms with Crippen molar-refractivity contribution in [2.45, 2.75) is 6.92 Å². The number of fused-ring (bicyclic) bond motifs is 1. The fourth-order valence-corrected chi connectivity index (χ4v) is 2.20. The van der Waals surface area contributed by atoms with Gasteiger partial charge in [-0.3, -0.25) is 4.79 Å². The number of rotatable bonds is 1. The number of carbonyl (C=O) groups is 1. The smallest absolute Gasteiger partial charge is 0.196 e. The quantitative estimate of drug-likeness (QED) is 0.722. The van der Waals surface area contributed by atoms with Crippen LogP contribution in [-0.2, 0) is 0 Å². The lowest BCUT2D eigenvalue weighted by Gasteiger charge is -2.19. The molecule has 0 saturated heterocycles. The SMILES string of the molecule is Cc1ccc2c(c1)C(=O)/C(=C/c1ccccc1)CO2. The normalized spacial score (nSPS) is 16.1. The number of aryl methyl sites for hydroxylation is 1. The average Bonchev–Trinajstić information content (AvgIpc) is 2.44. The number of benzene rings is 2. The van der Waals surface area contributed by atoms with Gasteiger partial charge in [-0.15, -0.1) is 0 Å². The molecule has 1 aliphatic heterocycles. The summed E-state index contributed by atoms with van der Waals surface area (Å²) in [5, 5.41) is 0. The molecular formula is C17H14O2. The van der Waals surface area contributed by atoms with E-state index in [0.717, 1.165) is 11.1 Å². The maximum absolute atomic E-state index is 12.4. The second-order valence-corrected chi connectivity index (χ2v) is 4.70. The maximum atomic E-state index is 12.4. The molecule has 0 unspecified atom stereocenters. The molecule has 2 nitrogen and oxygen atoms in total. The third-order valence-corrected chi connectivity index (χ3v) is 3.19. The summed E-state index contributed by atoms with van der Waals surface area (Å²) in [6.45, 7) is 2.31. The largest absolute Gasteiger partial charge is 0.488 e. The van der Waals surface area contributed by atoms with Crippen molar-refractivity contribution in [3.63, 3.8) is 0 Å². The highest BCUT2D eigenvalue weighted by atomic mass is 16.5. The predicted octanol–water partition coefficient (Wildman–Crippen LogP) is 3.65. The second kappa shape index (κ2) is 4.73. The van der Waals surface area contributed by atoms with Gasteiger partial charge in [-0.05, 0) is 30.7 Å². The first-order valence-electron chi connectivity index (χ1n) is 6.28. The Kier molecular flexibility index (Phi) is 2.92. The van der Waals surface area contributed by atoms with Crippen LogP contribution in [0.3, 0.4) is 0 Å². The fourth-order valence-electron chi connectivity index (χ4n) is 2.20. The molecule has 0 aromatic heterocycles. The van der Waals surface area contributed by atoms with Gasteiger partial charge in [0.15, 0.2) is 5.78 Å². The van der Waals surface area contributed by atoms with Gasteiger partial charge in [0.1, 0.15) is 12.4 Å². The van der Waals surface area contributed by atoms with Crippen molar-refractivity contribution in [2.24, 2.45) is 0 Å². The Morgan fingerprint density at radius 3 is 2.68 bits per heavy atom. The van der Waals surface area contributed by atoms with Crippen LogP contribution in [-0.4, -0.2) is 12.4 Å². The molecular weight excluding hydrogens is 236 g/mol. The number of ketones is 1. The van der Waals surface area contributed by atoms with Crippen molar-refractivity contribution in [2.75, 3.05) is 6.61 Å². The van der Waals surface area contributed by atoms with Gasteiger partial charge in [0.2, 0.25) is 0 Å². The van der Waals surface area contributed by atoms with Crippen molar-refractivity contribution in [1.29, 1.82) is 0 Å². The first kappa shape index (κ1) is 11.7. The lowest BCUT2D eigenvalue weighted by atomic mass is 9.97. The minimum absolute atomic E-state index is 0.0637. The third-order valence-electron chi connectivity index (χ3n) is 3.19. The van der Waals surface area contributed by atoms with Gasteiger partial charge < -0.3 is 4.74 Å². The molecule has 1 aliphatic rings. The summed E-state index contributed by atoms with van der Waals surface area (Å²) in [6, 6.07) is 15.5. The molecule has 2 aromatic carbocycles. The van der Waals surface area contributed by atoms with Gasteiger partial charge in [-0.25, -0.2) is 0 Å². The number of ether oxygens (including phenoxy) is 1. The van der Waals surface area contributed by atoms with Crippen LogP contribution in [0.25, 0.3) is 6.08 Å². The van der Waals surface area contributed by atoms with Crippen molar-refractivity contribution in [1.82, 2.24) is 0 Å². The van der Waals surface area contributed by atoms with Crippen LogP contribution in [0, 0.1) is 6.92 Å². The Balaban J connectivity index is 2.00. The topological polar surface area (TPSA) is 26.3 Å². The molecule has 0 radical (unpaired) electrons. The maximum Gasteiger partial charge on any atom is 0.196 e. The number of carbonyl (C=O) groups excluding carboxylic acids is 1. The van der Waals surface area contributed by atoms with Gasteiger partial charge in [-0.2, -0.15) is 0 Å². The molecule has 3 rings (SSSR count). The highest BCUT2D eigenvalue weighted by Crippen LogP contribution is 2.28. The second-order valence-electron chi connectivity index (χ2n) is 4.70. The zero-order valence-corrected chi connectivity index (χ0v) is 10.7. The Morgan fingerprint density at radius 2 is 1.89 bits per heavy atom. The Bertz CT molecular complexity index is 654. The van der Waals surface area contributed by atoms with Crippen molar-refractivity contribution >= 4 is 11.9 Å². The standard InChI is InChI=1S/C17H14O2/c1-12-7-8-16-15(9-12)17(18)14(11-19-16)10-13-5-3-2-4-6-13/h2-10H,11H2,1H3/b14-10+. The highest BCUT2D eigenvalue weighted by Gasteiger charge is 2.23. The van der Waals surface area contributed by atoms with E-state index in [9.17, 15) is 4.79 Å². The molecule has 2 heteroatoms. The summed E-state index contributed by atoms with van der Waals surface area (Å²) in [7, 11) is 0. The molecule has 2 aromatic rings. The van der Waals surface area contributed by atoms with Gasteiger partial charge >= 0.3 is 0 Å². The van der Waals surface area contributed by atoms with E-state index in [0.29, 0.717) is 23.5 Å². The molecule has 0 bridgehead atoms. The number of hydrogen-bond acceptors (Lipinski definition) is 2. The molecule has 0 N–H and O–H groups in total. The summed E-state index contributed by atoms with van der Waals surface area (Å²) in [5.41, 5.74) is 3.44. The Morgan fingerprint density at radius 1 is 1.11 bits per heavy atom. The number of hydrogen-bond donors (Lipinski definition) is 0. The van der Waals surface area contributed by atoms with Crippen LogP contribution in [0.4, 0.5) is 0 Å². The lowest BCUT2D eigenvalue weighted by molar-refractivity contribution is 0.100. The van der Waals surface area contributed by atoms with Gasteiger partial charge in [0, 0.05) is 5.57 Å². The van der Waals surface area contributed by atoms with E-state index < -0.39 is 0 Å². The van der Waals surface area contributed by atoms with Crippen LogP contribution in [0.2, 0.25) is 0 Å². The van der Waals surface area contributed by atoms with E-state index in [-0.39, 0.29) is 5.78 Å². The minimum Gasteiger partial charge on any atom is -0.488 e. The summed E-state index contributed by atoms with van der Waals surface area (Å²) in [6.07, 6.45) is 1.90. The van der Waals surface area contributed by atoms with Crippen LogP contribution < -0.4 is 4.74 Å². The van der Waals surface area contributed by atoms with Crippen LogP contribution >= 0.6 is 0 Å². The molecule has 94 valence electrons. The molecule has 0 spiro atoms. The lowest BCUT2D eigenvalue weighted by Crippen LogP contribution is -2.19. The molecule has 0 amide bonds. The highest BCUT2D eigenvalue weighted by molar-refractivity contribution is 6.14. The van der Waals surface area contributed by atoms with Gasteiger partial charge in [0.25, 0.3) is 0 Å².